The lowest BCUT2D eigenvalue weighted by molar-refractivity contribution is 0.190. The first-order valence-corrected chi connectivity index (χ1v) is 12.1. The van der Waals surface area contributed by atoms with Crippen LogP contribution >= 0.6 is 11.3 Å². The minimum absolute atomic E-state index is 0.230. The summed E-state index contributed by atoms with van der Waals surface area (Å²) in [6.07, 6.45) is 2.62. The van der Waals surface area contributed by atoms with Crippen LogP contribution in [0.1, 0.15) is 12.8 Å². The van der Waals surface area contributed by atoms with Crippen LogP contribution in [0.5, 0.6) is 0 Å². The van der Waals surface area contributed by atoms with Crippen molar-refractivity contribution in [3.8, 4) is 10.6 Å². The molecular weight excluding hydrogens is 408 g/mol. The van der Waals surface area contributed by atoms with Crippen LogP contribution in [0.3, 0.4) is 0 Å². The Bertz CT molecular complexity index is 1110. The molecule has 2 heterocycles. The van der Waals surface area contributed by atoms with Crippen LogP contribution in [0.4, 0.5) is 10.5 Å². The predicted molar refractivity (Wildman–Crippen MR) is 117 cm³/mol. The van der Waals surface area contributed by atoms with Gasteiger partial charge in [0.25, 0.3) is 0 Å². The number of rotatable bonds is 4. The summed E-state index contributed by atoms with van der Waals surface area (Å²) in [5, 5.41) is 3.83. The van der Waals surface area contributed by atoms with Gasteiger partial charge in [-0.1, -0.05) is 24.3 Å². The van der Waals surface area contributed by atoms with Gasteiger partial charge in [0.15, 0.2) is 0 Å². The first kappa shape index (κ1) is 19.8. The van der Waals surface area contributed by atoms with E-state index in [-0.39, 0.29) is 12.1 Å². The van der Waals surface area contributed by atoms with E-state index >= 15 is 0 Å². The van der Waals surface area contributed by atoms with Gasteiger partial charge in [0.05, 0.1) is 16.5 Å². The first-order chi connectivity index (χ1) is 13.9. The summed E-state index contributed by atoms with van der Waals surface area (Å²) in [4.78, 5) is 19.0. The molecule has 1 atom stereocenters. The zero-order valence-corrected chi connectivity index (χ0v) is 17.6. The largest absolute Gasteiger partial charge is 0.323 e. The van der Waals surface area contributed by atoms with Gasteiger partial charge in [-0.2, -0.15) is 0 Å². The predicted octanol–water partition coefficient (Wildman–Crippen LogP) is 3.51. The fraction of sp³-hybridized carbons (Fsp3) is 0.300. The smallest absolute Gasteiger partial charge is 0.321 e. The number of hydrogen-bond donors (Lipinski definition) is 2. The van der Waals surface area contributed by atoms with E-state index in [0.717, 1.165) is 39.9 Å². The first-order valence-electron chi connectivity index (χ1n) is 9.37. The minimum atomic E-state index is -3.29. The second kappa shape index (κ2) is 8.10. The number of likely N-dealkylation sites (tertiary alicyclic amines) is 1. The molecule has 1 saturated heterocycles. The molecule has 2 amide bonds. The molecule has 0 spiro atoms. The molecule has 0 aliphatic carbocycles. The Balaban J connectivity index is 1.46. The number of urea groups is 1. The normalized spacial score (nSPS) is 17.4. The average molecular weight is 431 g/mol. The number of hydrogen-bond acceptors (Lipinski definition) is 5. The van der Waals surface area contributed by atoms with Gasteiger partial charge in [0.1, 0.15) is 5.01 Å². The zero-order valence-electron chi connectivity index (χ0n) is 16.0. The molecule has 9 heteroatoms. The number of benzene rings is 2. The van der Waals surface area contributed by atoms with Crippen LogP contribution < -0.4 is 10.0 Å². The van der Waals surface area contributed by atoms with Gasteiger partial charge in [0.2, 0.25) is 10.0 Å². The van der Waals surface area contributed by atoms with E-state index in [9.17, 15) is 13.2 Å². The molecule has 4 rings (SSSR count). The Morgan fingerprint density at radius 1 is 1.21 bits per heavy atom. The van der Waals surface area contributed by atoms with Crippen LogP contribution in [0.25, 0.3) is 20.8 Å². The molecule has 0 radical (unpaired) electrons. The fourth-order valence-corrected chi connectivity index (χ4v) is 5.25. The van der Waals surface area contributed by atoms with Crippen molar-refractivity contribution in [1.29, 1.82) is 0 Å². The SMILES string of the molecule is CS(=O)(=O)N[C@@H]1CCCN(C(=O)Nc2cccc(-c3nc4ccccc4s3)c2)C1. The maximum atomic E-state index is 12.7. The summed E-state index contributed by atoms with van der Waals surface area (Å²) in [6.45, 7) is 0.960. The summed E-state index contributed by atoms with van der Waals surface area (Å²) in [6, 6.07) is 15.1. The minimum Gasteiger partial charge on any atom is -0.323 e. The van der Waals surface area contributed by atoms with Crippen molar-refractivity contribution >= 4 is 43.3 Å². The Labute approximate surface area is 173 Å². The summed E-state index contributed by atoms with van der Waals surface area (Å²) >= 11 is 1.61. The number of amides is 2. The van der Waals surface area contributed by atoms with E-state index in [4.69, 9.17) is 0 Å². The van der Waals surface area contributed by atoms with Crippen molar-refractivity contribution in [1.82, 2.24) is 14.6 Å². The summed E-state index contributed by atoms with van der Waals surface area (Å²) in [5.41, 5.74) is 2.59. The standard InChI is InChI=1S/C20H22N4O3S2/c1-29(26,27)23-16-8-5-11-24(13-16)20(25)21-15-7-4-6-14(12-15)19-22-17-9-2-3-10-18(17)28-19/h2-4,6-7,9-10,12,16,23H,5,8,11,13H2,1H3,(H,21,25)/t16-/m1/s1. The maximum Gasteiger partial charge on any atom is 0.321 e. The number of nitrogens with one attached hydrogen (secondary N) is 2. The third-order valence-electron chi connectivity index (χ3n) is 4.74. The Morgan fingerprint density at radius 2 is 2.03 bits per heavy atom. The third kappa shape index (κ3) is 4.92. The third-order valence-corrected chi connectivity index (χ3v) is 6.59. The van der Waals surface area contributed by atoms with E-state index < -0.39 is 10.0 Å². The highest BCUT2D eigenvalue weighted by molar-refractivity contribution is 7.88. The topological polar surface area (TPSA) is 91.4 Å². The lowest BCUT2D eigenvalue weighted by Crippen LogP contribution is -2.50. The Morgan fingerprint density at radius 3 is 2.83 bits per heavy atom. The summed E-state index contributed by atoms with van der Waals surface area (Å²) in [7, 11) is -3.29. The van der Waals surface area contributed by atoms with Gasteiger partial charge in [-0.25, -0.2) is 22.9 Å². The molecule has 0 bridgehead atoms. The molecular formula is C20H22N4O3S2. The molecule has 1 aliphatic heterocycles. The van der Waals surface area contributed by atoms with Crippen LogP contribution in [-0.2, 0) is 10.0 Å². The van der Waals surface area contributed by atoms with Gasteiger partial charge < -0.3 is 10.2 Å². The van der Waals surface area contributed by atoms with E-state index in [1.165, 1.54) is 0 Å². The quantitative estimate of drug-likeness (QED) is 0.663. The highest BCUT2D eigenvalue weighted by Crippen LogP contribution is 2.31. The number of nitrogens with zero attached hydrogens (tertiary/aromatic N) is 2. The lowest BCUT2D eigenvalue weighted by atomic mass is 10.1. The molecule has 2 aromatic carbocycles. The molecule has 1 aliphatic rings. The number of sulfonamides is 1. The van der Waals surface area contributed by atoms with Crippen molar-refractivity contribution in [3.05, 3.63) is 48.5 Å². The van der Waals surface area contributed by atoms with Gasteiger partial charge in [-0.15, -0.1) is 11.3 Å². The van der Waals surface area contributed by atoms with E-state index in [1.807, 2.05) is 48.5 Å². The number of fused-ring (bicyclic) bond motifs is 1. The molecule has 152 valence electrons. The zero-order chi connectivity index (χ0) is 20.4. The van der Waals surface area contributed by atoms with Gasteiger partial charge in [0, 0.05) is 30.4 Å². The molecule has 3 aromatic rings. The highest BCUT2D eigenvalue weighted by atomic mass is 32.2. The highest BCUT2D eigenvalue weighted by Gasteiger charge is 2.25. The molecule has 0 saturated carbocycles. The Kier molecular flexibility index (Phi) is 5.53. The molecule has 2 N–H and O–H groups in total. The monoisotopic (exact) mass is 430 g/mol. The molecule has 1 fully saturated rings. The second-order valence-electron chi connectivity index (χ2n) is 7.17. The maximum absolute atomic E-state index is 12.7. The van der Waals surface area contributed by atoms with Crippen LogP contribution in [0.15, 0.2) is 48.5 Å². The van der Waals surface area contributed by atoms with Crippen molar-refractivity contribution in [3.63, 3.8) is 0 Å². The van der Waals surface area contributed by atoms with Gasteiger partial charge >= 0.3 is 6.03 Å². The Hall–Kier alpha value is -2.49. The number of thiazole rings is 1. The van der Waals surface area contributed by atoms with E-state index in [1.54, 1.807) is 16.2 Å². The van der Waals surface area contributed by atoms with Gasteiger partial charge in [-0.3, -0.25) is 0 Å². The summed E-state index contributed by atoms with van der Waals surface area (Å²) < 4.78 is 26.7. The van der Waals surface area contributed by atoms with Gasteiger partial charge in [-0.05, 0) is 37.1 Å². The van der Waals surface area contributed by atoms with Crippen molar-refractivity contribution < 1.29 is 13.2 Å². The lowest BCUT2D eigenvalue weighted by Gasteiger charge is -2.32. The average Bonchev–Trinajstić information content (AvgIpc) is 3.11. The fourth-order valence-electron chi connectivity index (χ4n) is 3.49. The molecule has 7 nitrogen and oxygen atoms in total. The number of para-hydroxylation sites is 1. The number of carbonyl (C=O) groups excluding carboxylic acids is 1. The molecule has 1 aromatic heterocycles. The van der Waals surface area contributed by atoms with Crippen LogP contribution in [0.2, 0.25) is 0 Å². The van der Waals surface area contributed by atoms with E-state index in [0.29, 0.717) is 18.8 Å². The molecule has 0 unspecified atom stereocenters. The van der Waals surface area contributed by atoms with Crippen molar-refractivity contribution in [2.24, 2.45) is 0 Å². The number of piperidine rings is 1. The van der Waals surface area contributed by atoms with Crippen molar-refractivity contribution in [2.45, 2.75) is 18.9 Å². The second-order valence-corrected chi connectivity index (χ2v) is 9.98. The number of carbonyl (C=O) groups is 1. The number of aromatic nitrogens is 1. The number of anilines is 1. The van der Waals surface area contributed by atoms with Crippen molar-refractivity contribution in [2.75, 3.05) is 24.7 Å². The molecule has 29 heavy (non-hydrogen) atoms. The summed E-state index contributed by atoms with van der Waals surface area (Å²) in [5.74, 6) is 0. The van der Waals surface area contributed by atoms with Crippen LogP contribution in [0, 0.1) is 0 Å². The van der Waals surface area contributed by atoms with E-state index in [2.05, 4.69) is 15.0 Å². The van der Waals surface area contributed by atoms with Crippen LogP contribution in [-0.4, -0.2) is 49.7 Å².